The van der Waals surface area contributed by atoms with Gasteiger partial charge in [-0.25, -0.2) is 8.42 Å². The van der Waals surface area contributed by atoms with Crippen LogP contribution < -0.4 is 5.32 Å². The lowest BCUT2D eigenvalue weighted by atomic mass is 9.88. The third kappa shape index (κ3) is 5.17. The Morgan fingerprint density at radius 3 is 2.24 bits per heavy atom. The summed E-state index contributed by atoms with van der Waals surface area (Å²) in [6.45, 7) is 3.05. The van der Waals surface area contributed by atoms with Gasteiger partial charge in [-0.3, -0.25) is 14.5 Å². The van der Waals surface area contributed by atoms with E-state index in [1.807, 2.05) is 9.80 Å². The summed E-state index contributed by atoms with van der Waals surface area (Å²) in [5.74, 6) is 0.601. The minimum absolute atomic E-state index is 0.0579. The van der Waals surface area contributed by atoms with Crippen molar-refractivity contribution in [2.75, 3.05) is 44.2 Å². The largest absolute Gasteiger partial charge is 0.351 e. The highest BCUT2D eigenvalue weighted by Crippen LogP contribution is 2.25. The van der Waals surface area contributed by atoms with Gasteiger partial charge in [0.15, 0.2) is 9.84 Å². The topological polar surface area (TPSA) is 86.8 Å². The van der Waals surface area contributed by atoms with Gasteiger partial charge in [0.25, 0.3) is 0 Å². The summed E-state index contributed by atoms with van der Waals surface area (Å²) in [5.41, 5.74) is 0. The number of sulfone groups is 1. The molecular weight excluding hydrogens is 342 g/mol. The number of amides is 2. The van der Waals surface area contributed by atoms with Crippen molar-refractivity contribution in [1.82, 2.24) is 15.1 Å². The predicted octanol–water partition coefficient (Wildman–Crippen LogP) is 0.0142. The third-order valence-corrected chi connectivity index (χ3v) is 7.37. The maximum absolute atomic E-state index is 12.5. The Hall–Kier alpha value is -1.15. The zero-order valence-electron chi connectivity index (χ0n) is 14.8. The highest BCUT2D eigenvalue weighted by molar-refractivity contribution is 7.91. The van der Waals surface area contributed by atoms with Crippen molar-refractivity contribution in [2.45, 2.75) is 44.6 Å². The number of nitrogens with one attached hydrogen (secondary N) is 1. The molecule has 8 heteroatoms. The minimum atomic E-state index is -2.97. The molecule has 0 bridgehead atoms. The van der Waals surface area contributed by atoms with Crippen molar-refractivity contribution < 1.29 is 18.0 Å². The van der Waals surface area contributed by atoms with Gasteiger partial charge < -0.3 is 10.2 Å². The highest BCUT2D eigenvalue weighted by Gasteiger charge is 2.31. The first kappa shape index (κ1) is 18.6. The first-order valence-electron chi connectivity index (χ1n) is 9.44. The monoisotopic (exact) mass is 371 g/mol. The van der Waals surface area contributed by atoms with Gasteiger partial charge in [-0.15, -0.1) is 0 Å². The summed E-state index contributed by atoms with van der Waals surface area (Å²) in [4.78, 5) is 28.7. The van der Waals surface area contributed by atoms with Gasteiger partial charge in [0.05, 0.1) is 18.1 Å². The SMILES string of the molecule is O=C(CN1CCN(C(=O)C2CCCCC2)CC1)NC1CCS(=O)(=O)C1. The Labute approximate surface area is 150 Å². The van der Waals surface area contributed by atoms with E-state index in [2.05, 4.69) is 5.32 Å². The standard InChI is InChI=1S/C17H29N3O4S/c21-16(18-15-6-11-25(23,24)13-15)12-19-7-9-20(10-8-19)17(22)14-4-2-1-3-5-14/h14-15H,1-13H2,(H,18,21). The van der Waals surface area contributed by atoms with Gasteiger partial charge >= 0.3 is 0 Å². The van der Waals surface area contributed by atoms with E-state index in [0.29, 0.717) is 38.5 Å². The molecule has 2 aliphatic heterocycles. The van der Waals surface area contributed by atoms with E-state index in [0.717, 1.165) is 25.7 Å². The minimum Gasteiger partial charge on any atom is -0.351 e. The van der Waals surface area contributed by atoms with E-state index in [9.17, 15) is 18.0 Å². The highest BCUT2D eigenvalue weighted by atomic mass is 32.2. The fourth-order valence-corrected chi connectivity index (χ4v) is 5.79. The molecule has 1 unspecified atom stereocenters. The normalized spacial score (nSPS) is 28.0. The van der Waals surface area contributed by atoms with Crippen LogP contribution in [-0.4, -0.2) is 80.3 Å². The van der Waals surface area contributed by atoms with Crippen LogP contribution in [0.15, 0.2) is 0 Å². The van der Waals surface area contributed by atoms with Gasteiger partial charge in [-0.05, 0) is 19.3 Å². The summed E-state index contributed by atoms with van der Waals surface area (Å²) < 4.78 is 22.9. The van der Waals surface area contributed by atoms with Gasteiger partial charge in [-0.1, -0.05) is 19.3 Å². The summed E-state index contributed by atoms with van der Waals surface area (Å²) in [6, 6.07) is -0.244. The maximum Gasteiger partial charge on any atom is 0.234 e. The molecule has 25 heavy (non-hydrogen) atoms. The van der Waals surface area contributed by atoms with Crippen molar-refractivity contribution in [3.05, 3.63) is 0 Å². The number of carbonyl (C=O) groups is 2. The molecule has 3 rings (SSSR count). The Bertz CT molecular complexity index is 593. The number of carbonyl (C=O) groups excluding carboxylic acids is 2. The van der Waals surface area contributed by atoms with Crippen LogP contribution in [0.5, 0.6) is 0 Å². The lowest BCUT2D eigenvalue weighted by Crippen LogP contribution is -2.53. The molecule has 3 aliphatic rings. The second-order valence-corrected chi connectivity index (χ2v) is 9.83. The molecule has 3 fully saturated rings. The number of piperazine rings is 1. The van der Waals surface area contributed by atoms with Crippen LogP contribution in [0.25, 0.3) is 0 Å². The number of nitrogens with zero attached hydrogens (tertiary/aromatic N) is 2. The smallest absolute Gasteiger partial charge is 0.234 e. The lowest BCUT2D eigenvalue weighted by Gasteiger charge is -2.37. The van der Waals surface area contributed by atoms with Gasteiger partial charge in [0, 0.05) is 38.1 Å². The average molecular weight is 372 g/mol. The molecule has 1 atom stereocenters. The quantitative estimate of drug-likeness (QED) is 0.753. The second-order valence-electron chi connectivity index (χ2n) is 7.60. The van der Waals surface area contributed by atoms with Crippen molar-refractivity contribution >= 4 is 21.7 Å². The average Bonchev–Trinajstić information content (AvgIpc) is 2.94. The zero-order valence-corrected chi connectivity index (χ0v) is 15.6. The zero-order chi connectivity index (χ0) is 17.9. The Balaban J connectivity index is 1.38. The first-order valence-corrected chi connectivity index (χ1v) is 11.3. The molecule has 2 heterocycles. The molecule has 0 radical (unpaired) electrons. The molecule has 0 aromatic carbocycles. The third-order valence-electron chi connectivity index (χ3n) is 5.60. The number of rotatable bonds is 4. The Morgan fingerprint density at radius 2 is 1.64 bits per heavy atom. The van der Waals surface area contributed by atoms with Gasteiger partial charge in [0.2, 0.25) is 11.8 Å². The van der Waals surface area contributed by atoms with E-state index >= 15 is 0 Å². The second kappa shape index (κ2) is 8.03. The van der Waals surface area contributed by atoms with Crippen LogP contribution in [-0.2, 0) is 19.4 Å². The fraction of sp³-hybridized carbons (Fsp3) is 0.882. The first-order chi connectivity index (χ1) is 11.9. The van der Waals surface area contributed by atoms with E-state index in [4.69, 9.17) is 0 Å². The fourth-order valence-electron chi connectivity index (χ4n) is 4.12. The molecule has 142 valence electrons. The molecular formula is C17H29N3O4S. The predicted molar refractivity (Wildman–Crippen MR) is 94.8 cm³/mol. The molecule has 0 spiro atoms. The van der Waals surface area contributed by atoms with Crippen LogP contribution in [0.2, 0.25) is 0 Å². The van der Waals surface area contributed by atoms with Gasteiger partial charge in [0.1, 0.15) is 0 Å². The van der Waals surface area contributed by atoms with Crippen LogP contribution in [0.4, 0.5) is 0 Å². The van der Waals surface area contributed by atoms with Crippen molar-refractivity contribution in [3.8, 4) is 0 Å². The Kier molecular flexibility index (Phi) is 5.99. The molecule has 0 aromatic rings. The van der Waals surface area contributed by atoms with Crippen LogP contribution in [0, 0.1) is 5.92 Å². The molecule has 2 saturated heterocycles. The Morgan fingerprint density at radius 1 is 0.960 bits per heavy atom. The summed E-state index contributed by atoms with van der Waals surface area (Å²) in [6.07, 6.45) is 6.12. The van der Waals surface area contributed by atoms with E-state index in [1.165, 1.54) is 6.42 Å². The van der Waals surface area contributed by atoms with Crippen molar-refractivity contribution in [3.63, 3.8) is 0 Å². The number of hydrogen-bond donors (Lipinski definition) is 1. The molecule has 1 N–H and O–H groups in total. The van der Waals surface area contributed by atoms with E-state index in [-0.39, 0.29) is 35.9 Å². The molecule has 1 aliphatic carbocycles. The lowest BCUT2D eigenvalue weighted by molar-refractivity contribution is -0.138. The molecule has 2 amide bonds. The van der Waals surface area contributed by atoms with Gasteiger partial charge in [-0.2, -0.15) is 0 Å². The molecule has 7 nitrogen and oxygen atoms in total. The number of hydrogen-bond acceptors (Lipinski definition) is 5. The van der Waals surface area contributed by atoms with Crippen molar-refractivity contribution in [2.24, 2.45) is 5.92 Å². The van der Waals surface area contributed by atoms with E-state index < -0.39 is 9.84 Å². The molecule has 0 aromatic heterocycles. The van der Waals surface area contributed by atoms with Crippen LogP contribution in [0.3, 0.4) is 0 Å². The summed E-state index contributed by atoms with van der Waals surface area (Å²) >= 11 is 0. The summed E-state index contributed by atoms with van der Waals surface area (Å²) in [5, 5.41) is 2.83. The van der Waals surface area contributed by atoms with Crippen molar-refractivity contribution in [1.29, 1.82) is 0 Å². The van der Waals surface area contributed by atoms with Crippen LogP contribution in [0.1, 0.15) is 38.5 Å². The van der Waals surface area contributed by atoms with E-state index in [1.54, 1.807) is 0 Å². The maximum atomic E-state index is 12.5. The van der Waals surface area contributed by atoms with Crippen LogP contribution >= 0.6 is 0 Å². The summed E-state index contributed by atoms with van der Waals surface area (Å²) in [7, 11) is -2.97. The molecule has 1 saturated carbocycles.